The Kier molecular flexibility index (Phi) is 5.77. The van der Waals surface area contributed by atoms with Gasteiger partial charge in [0.15, 0.2) is 0 Å². The van der Waals surface area contributed by atoms with Gasteiger partial charge in [-0.3, -0.25) is 0 Å². The fraction of sp³-hybridized carbons (Fsp3) is 0.500. The molecular formula is C12H17F2NS. The first-order valence-electron chi connectivity index (χ1n) is 5.44. The maximum Gasteiger partial charge on any atom is 0.139 e. The minimum absolute atomic E-state index is 0.431. The summed E-state index contributed by atoms with van der Waals surface area (Å²) in [7, 11) is 0. The molecular weight excluding hydrogens is 228 g/mol. The van der Waals surface area contributed by atoms with Crippen LogP contribution in [0.25, 0.3) is 0 Å². The molecule has 1 unspecified atom stereocenters. The Balaban J connectivity index is 2.37. The van der Waals surface area contributed by atoms with Crippen LogP contribution in [-0.4, -0.2) is 18.3 Å². The maximum absolute atomic E-state index is 13.2. The van der Waals surface area contributed by atoms with E-state index < -0.39 is 11.6 Å². The molecule has 0 aromatic heterocycles. The molecule has 1 aromatic rings. The standard InChI is InChI=1S/C12H17F2NS/c1-3-15-9(2)6-7-16-12-5-4-10(13)8-11(12)14/h4-5,8-9,15H,3,6-7H2,1-2H3. The number of rotatable bonds is 6. The smallest absolute Gasteiger partial charge is 0.139 e. The van der Waals surface area contributed by atoms with Crippen molar-refractivity contribution in [2.45, 2.75) is 31.2 Å². The Morgan fingerprint density at radius 3 is 2.75 bits per heavy atom. The highest BCUT2D eigenvalue weighted by atomic mass is 32.2. The molecule has 1 aromatic carbocycles. The largest absolute Gasteiger partial charge is 0.315 e. The number of nitrogens with one attached hydrogen (secondary N) is 1. The third kappa shape index (κ3) is 4.49. The first-order valence-corrected chi connectivity index (χ1v) is 6.43. The van der Waals surface area contributed by atoms with Crippen LogP contribution in [-0.2, 0) is 0 Å². The van der Waals surface area contributed by atoms with Crippen molar-refractivity contribution < 1.29 is 8.78 Å². The molecule has 0 heterocycles. The van der Waals surface area contributed by atoms with Gasteiger partial charge < -0.3 is 5.32 Å². The van der Waals surface area contributed by atoms with Crippen LogP contribution in [0.1, 0.15) is 20.3 Å². The zero-order valence-corrected chi connectivity index (χ0v) is 10.4. The number of halogens is 2. The molecule has 1 rings (SSSR count). The minimum Gasteiger partial charge on any atom is -0.315 e. The fourth-order valence-corrected chi connectivity index (χ4v) is 2.44. The van der Waals surface area contributed by atoms with Gasteiger partial charge in [-0.05, 0) is 37.8 Å². The second-order valence-electron chi connectivity index (χ2n) is 3.67. The summed E-state index contributed by atoms with van der Waals surface area (Å²) in [6, 6.07) is 4.14. The van der Waals surface area contributed by atoms with Gasteiger partial charge in [-0.15, -0.1) is 11.8 Å². The summed E-state index contributed by atoms with van der Waals surface area (Å²) in [4.78, 5) is 0.519. The van der Waals surface area contributed by atoms with Gasteiger partial charge in [0.05, 0.1) is 0 Å². The van der Waals surface area contributed by atoms with Crippen LogP contribution in [0, 0.1) is 11.6 Å². The van der Waals surface area contributed by atoms with E-state index in [0.29, 0.717) is 10.9 Å². The summed E-state index contributed by atoms with van der Waals surface area (Å²) in [6.07, 6.45) is 0.968. The van der Waals surface area contributed by atoms with Crippen LogP contribution in [0.3, 0.4) is 0 Å². The van der Waals surface area contributed by atoms with Crippen molar-refractivity contribution in [3.8, 4) is 0 Å². The molecule has 0 aliphatic rings. The van der Waals surface area contributed by atoms with E-state index >= 15 is 0 Å². The van der Waals surface area contributed by atoms with Gasteiger partial charge in [0.1, 0.15) is 11.6 Å². The van der Waals surface area contributed by atoms with Gasteiger partial charge in [-0.1, -0.05) is 6.92 Å². The molecule has 0 aliphatic heterocycles. The molecule has 0 saturated carbocycles. The first kappa shape index (κ1) is 13.5. The molecule has 4 heteroatoms. The molecule has 90 valence electrons. The Morgan fingerprint density at radius 2 is 2.12 bits per heavy atom. The number of benzene rings is 1. The number of hydrogen-bond acceptors (Lipinski definition) is 2. The average Bonchev–Trinajstić information content (AvgIpc) is 2.22. The van der Waals surface area contributed by atoms with E-state index in [0.717, 1.165) is 24.8 Å². The third-order valence-electron chi connectivity index (χ3n) is 2.25. The second kappa shape index (κ2) is 6.86. The van der Waals surface area contributed by atoms with E-state index in [-0.39, 0.29) is 0 Å². The number of hydrogen-bond donors (Lipinski definition) is 1. The normalized spacial score (nSPS) is 12.8. The summed E-state index contributed by atoms with van der Waals surface area (Å²) >= 11 is 1.43. The van der Waals surface area contributed by atoms with Gasteiger partial charge in [0.2, 0.25) is 0 Å². The van der Waals surface area contributed by atoms with Gasteiger partial charge in [-0.25, -0.2) is 8.78 Å². The summed E-state index contributed by atoms with van der Waals surface area (Å²) in [6.45, 7) is 5.10. The van der Waals surface area contributed by atoms with Crippen molar-refractivity contribution in [1.82, 2.24) is 5.32 Å². The molecule has 0 spiro atoms. The summed E-state index contributed by atoms with van der Waals surface area (Å²) in [5.41, 5.74) is 0. The van der Waals surface area contributed by atoms with Crippen LogP contribution >= 0.6 is 11.8 Å². The zero-order chi connectivity index (χ0) is 12.0. The van der Waals surface area contributed by atoms with Crippen molar-refractivity contribution in [1.29, 1.82) is 0 Å². The molecule has 0 amide bonds. The van der Waals surface area contributed by atoms with Crippen molar-refractivity contribution in [2.75, 3.05) is 12.3 Å². The van der Waals surface area contributed by atoms with Crippen LogP contribution < -0.4 is 5.32 Å². The van der Waals surface area contributed by atoms with Crippen molar-refractivity contribution in [2.24, 2.45) is 0 Å². The fourth-order valence-electron chi connectivity index (χ4n) is 1.39. The van der Waals surface area contributed by atoms with Gasteiger partial charge in [0, 0.05) is 17.0 Å². The van der Waals surface area contributed by atoms with Crippen LogP contribution in [0.15, 0.2) is 23.1 Å². The minimum atomic E-state index is -0.525. The van der Waals surface area contributed by atoms with E-state index in [2.05, 4.69) is 19.2 Å². The average molecular weight is 245 g/mol. The van der Waals surface area contributed by atoms with E-state index in [9.17, 15) is 8.78 Å². The van der Waals surface area contributed by atoms with Gasteiger partial charge in [0.25, 0.3) is 0 Å². The Labute approximate surface area is 99.6 Å². The molecule has 0 fully saturated rings. The molecule has 0 aliphatic carbocycles. The highest BCUT2D eigenvalue weighted by molar-refractivity contribution is 7.99. The van der Waals surface area contributed by atoms with Gasteiger partial charge >= 0.3 is 0 Å². The van der Waals surface area contributed by atoms with Crippen molar-refractivity contribution >= 4 is 11.8 Å². The SMILES string of the molecule is CCNC(C)CCSc1ccc(F)cc1F. The molecule has 1 nitrogen and oxygen atoms in total. The number of thioether (sulfide) groups is 1. The lowest BCUT2D eigenvalue weighted by molar-refractivity contribution is 0.554. The molecule has 16 heavy (non-hydrogen) atoms. The summed E-state index contributed by atoms with van der Waals surface area (Å²) in [5.74, 6) is -0.166. The topological polar surface area (TPSA) is 12.0 Å². The predicted octanol–water partition coefficient (Wildman–Crippen LogP) is 3.45. The van der Waals surface area contributed by atoms with E-state index in [1.54, 1.807) is 0 Å². The van der Waals surface area contributed by atoms with Crippen molar-refractivity contribution in [3.05, 3.63) is 29.8 Å². The third-order valence-corrected chi connectivity index (χ3v) is 3.34. The van der Waals surface area contributed by atoms with E-state index in [1.807, 2.05) is 0 Å². The summed E-state index contributed by atoms with van der Waals surface area (Å²) < 4.78 is 25.9. The lowest BCUT2D eigenvalue weighted by Gasteiger charge is -2.11. The molecule has 1 atom stereocenters. The first-order chi connectivity index (χ1) is 7.63. The monoisotopic (exact) mass is 245 g/mol. The van der Waals surface area contributed by atoms with Crippen LogP contribution in [0.5, 0.6) is 0 Å². The molecule has 0 radical (unpaired) electrons. The van der Waals surface area contributed by atoms with Crippen LogP contribution in [0.2, 0.25) is 0 Å². The quantitative estimate of drug-likeness (QED) is 0.770. The lowest BCUT2D eigenvalue weighted by Crippen LogP contribution is -2.25. The maximum atomic E-state index is 13.2. The van der Waals surface area contributed by atoms with Gasteiger partial charge in [-0.2, -0.15) is 0 Å². The Hall–Kier alpha value is -0.610. The van der Waals surface area contributed by atoms with Crippen molar-refractivity contribution in [3.63, 3.8) is 0 Å². The molecule has 0 saturated heterocycles. The van der Waals surface area contributed by atoms with E-state index in [4.69, 9.17) is 0 Å². The van der Waals surface area contributed by atoms with E-state index in [1.165, 1.54) is 23.9 Å². The molecule has 1 N–H and O–H groups in total. The zero-order valence-electron chi connectivity index (χ0n) is 9.59. The predicted molar refractivity (Wildman–Crippen MR) is 64.8 cm³/mol. The highest BCUT2D eigenvalue weighted by Gasteiger charge is 2.05. The second-order valence-corrected chi connectivity index (χ2v) is 4.81. The Morgan fingerprint density at radius 1 is 1.38 bits per heavy atom. The van der Waals surface area contributed by atoms with Crippen LogP contribution in [0.4, 0.5) is 8.78 Å². The molecule has 0 bridgehead atoms. The summed E-state index contributed by atoms with van der Waals surface area (Å²) in [5, 5.41) is 3.29. The lowest BCUT2D eigenvalue weighted by atomic mass is 10.3. The highest BCUT2D eigenvalue weighted by Crippen LogP contribution is 2.23. The Bertz CT molecular complexity index is 331.